The second-order valence-electron chi connectivity index (χ2n) is 10.6. The lowest BCUT2D eigenvalue weighted by atomic mass is 9.44. The summed E-state index contributed by atoms with van der Waals surface area (Å²) < 4.78 is 5.61. The highest BCUT2D eigenvalue weighted by atomic mass is 16.5. The van der Waals surface area contributed by atoms with Gasteiger partial charge in [0.2, 0.25) is 0 Å². The molecule has 2 heteroatoms. The molecule has 4 unspecified atom stereocenters. The van der Waals surface area contributed by atoms with E-state index in [1.54, 1.807) is 6.92 Å². The fourth-order valence-corrected chi connectivity index (χ4v) is 8.75. The molecule has 4 saturated carbocycles. The average Bonchev–Trinajstić information content (AvgIpc) is 3.01. The SMILES string of the molecule is CC(=O)O[C@@H]1CC[C@]2(C)C3CC[C@]45C=CCCC4CCC5C3CC[C@@H]2C1. The second-order valence-corrected chi connectivity index (χ2v) is 10.6. The molecular weight excluding hydrogens is 320 g/mol. The lowest BCUT2D eigenvalue weighted by Crippen LogP contribution is -2.54. The summed E-state index contributed by atoms with van der Waals surface area (Å²) in [5.74, 6) is 4.52. The zero-order valence-electron chi connectivity index (χ0n) is 16.7. The number of hydrogen-bond acceptors (Lipinski definition) is 2. The minimum Gasteiger partial charge on any atom is -0.463 e. The van der Waals surface area contributed by atoms with Gasteiger partial charge in [0.1, 0.15) is 6.10 Å². The number of allylic oxidation sites excluding steroid dienone is 2. The van der Waals surface area contributed by atoms with Gasteiger partial charge in [-0.2, -0.15) is 0 Å². The lowest BCUT2D eigenvalue weighted by Gasteiger charge is -2.61. The Bertz CT molecular complexity index is 609. The van der Waals surface area contributed by atoms with Gasteiger partial charge in [0.15, 0.2) is 0 Å². The van der Waals surface area contributed by atoms with Crippen molar-refractivity contribution in [2.45, 2.75) is 90.6 Å². The van der Waals surface area contributed by atoms with Crippen LogP contribution in [-0.4, -0.2) is 12.1 Å². The van der Waals surface area contributed by atoms with E-state index >= 15 is 0 Å². The summed E-state index contributed by atoms with van der Waals surface area (Å²) in [7, 11) is 0. The predicted octanol–water partition coefficient (Wildman–Crippen LogP) is 5.91. The van der Waals surface area contributed by atoms with E-state index in [2.05, 4.69) is 19.1 Å². The molecule has 1 spiro atoms. The molecule has 0 aromatic carbocycles. The fraction of sp³-hybridized carbons (Fsp3) is 0.875. The molecule has 2 nitrogen and oxygen atoms in total. The van der Waals surface area contributed by atoms with Gasteiger partial charge < -0.3 is 4.74 Å². The monoisotopic (exact) mass is 356 g/mol. The van der Waals surface area contributed by atoms with Crippen LogP contribution in [0.2, 0.25) is 0 Å². The first-order valence-corrected chi connectivity index (χ1v) is 11.4. The van der Waals surface area contributed by atoms with Crippen molar-refractivity contribution in [3.05, 3.63) is 12.2 Å². The molecule has 5 rings (SSSR count). The van der Waals surface area contributed by atoms with Crippen LogP contribution in [0.4, 0.5) is 0 Å². The Kier molecular flexibility index (Phi) is 4.07. The maximum atomic E-state index is 11.4. The van der Waals surface area contributed by atoms with Crippen molar-refractivity contribution in [1.29, 1.82) is 0 Å². The van der Waals surface area contributed by atoms with Gasteiger partial charge in [-0.05, 0) is 111 Å². The minimum absolute atomic E-state index is 0.0898. The predicted molar refractivity (Wildman–Crippen MR) is 103 cm³/mol. The van der Waals surface area contributed by atoms with Crippen LogP contribution in [0.25, 0.3) is 0 Å². The Balaban J connectivity index is 1.38. The Morgan fingerprint density at radius 2 is 1.81 bits per heavy atom. The maximum absolute atomic E-state index is 11.4. The third kappa shape index (κ3) is 2.39. The standard InChI is InChI=1S/C24H36O2/c1-16(25)26-19-10-13-23(2)18(15-19)6-8-20-21(23)11-14-24-12-4-3-5-17(24)7-9-22(20)24/h4,12,17-22H,3,5-11,13-15H2,1-2H3/t17?,18-,19-,20?,21?,22?,23+,24-/m1/s1. The third-order valence-corrected chi connectivity index (χ3v) is 9.82. The maximum Gasteiger partial charge on any atom is 0.302 e. The van der Waals surface area contributed by atoms with E-state index in [9.17, 15) is 4.79 Å². The van der Waals surface area contributed by atoms with Crippen molar-refractivity contribution in [2.24, 2.45) is 40.4 Å². The van der Waals surface area contributed by atoms with Crippen molar-refractivity contribution < 1.29 is 9.53 Å². The molecular formula is C24H36O2. The first-order chi connectivity index (χ1) is 12.5. The summed E-state index contributed by atoms with van der Waals surface area (Å²) in [6.45, 7) is 4.18. The van der Waals surface area contributed by atoms with E-state index in [0.717, 1.165) is 42.4 Å². The quantitative estimate of drug-likeness (QED) is 0.431. The summed E-state index contributed by atoms with van der Waals surface area (Å²) in [6.07, 6.45) is 20.4. The molecule has 0 bridgehead atoms. The minimum atomic E-state index is -0.0898. The van der Waals surface area contributed by atoms with Crippen molar-refractivity contribution >= 4 is 5.97 Å². The Morgan fingerprint density at radius 3 is 2.65 bits per heavy atom. The zero-order chi connectivity index (χ0) is 17.9. The van der Waals surface area contributed by atoms with Gasteiger partial charge in [-0.25, -0.2) is 0 Å². The van der Waals surface area contributed by atoms with Gasteiger partial charge in [-0.1, -0.05) is 19.1 Å². The number of ether oxygens (including phenoxy) is 1. The number of carbonyl (C=O) groups is 1. The van der Waals surface area contributed by atoms with Crippen LogP contribution in [0.5, 0.6) is 0 Å². The molecule has 4 fully saturated rings. The van der Waals surface area contributed by atoms with E-state index < -0.39 is 0 Å². The van der Waals surface area contributed by atoms with Crippen LogP contribution < -0.4 is 0 Å². The molecule has 0 aromatic rings. The highest BCUT2D eigenvalue weighted by Crippen LogP contribution is 2.69. The summed E-state index contributed by atoms with van der Waals surface area (Å²) in [5.41, 5.74) is 1.08. The van der Waals surface area contributed by atoms with E-state index in [-0.39, 0.29) is 12.1 Å². The number of rotatable bonds is 1. The first-order valence-electron chi connectivity index (χ1n) is 11.4. The van der Waals surface area contributed by atoms with Gasteiger partial charge in [-0.15, -0.1) is 0 Å². The Labute approximate surface area is 159 Å². The molecule has 5 aliphatic carbocycles. The van der Waals surface area contributed by atoms with Crippen LogP contribution in [-0.2, 0) is 9.53 Å². The third-order valence-electron chi connectivity index (χ3n) is 9.82. The summed E-state index contributed by atoms with van der Waals surface area (Å²) in [5, 5.41) is 0. The molecule has 0 N–H and O–H groups in total. The number of fused-ring (bicyclic) bond motifs is 4. The second kappa shape index (κ2) is 6.11. The largest absolute Gasteiger partial charge is 0.463 e. The number of hydrogen-bond donors (Lipinski definition) is 0. The van der Waals surface area contributed by atoms with Gasteiger partial charge in [0.25, 0.3) is 0 Å². The van der Waals surface area contributed by atoms with Crippen LogP contribution in [0.3, 0.4) is 0 Å². The van der Waals surface area contributed by atoms with E-state index in [1.165, 1.54) is 57.8 Å². The Morgan fingerprint density at radius 1 is 0.962 bits per heavy atom. The van der Waals surface area contributed by atoms with Crippen molar-refractivity contribution in [3.63, 3.8) is 0 Å². The summed E-state index contributed by atoms with van der Waals surface area (Å²) in [4.78, 5) is 11.4. The number of carbonyl (C=O) groups excluding carboxylic acids is 1. The van der Waals surface area contributed by atoms with Crippen LogP contribution in [0.15, 0.2) is 12.2 Å². The highest BCUT2D eigenvalue weighted by molar-refractivity contribution is 5.66. The molecule has 0 radical (unpaired) electrons. The summed E-state index contributed by atoms with van der Waals surface area (Å²) in [6, 6.07) is 0. The van der Waals surface area contributed by atoms with Gasteiger partial charge >= 0.3 is 5.97 Å². The number of esters is 1. The normalized spacial score (nSPS) is 52.4. The van der Waals surface area contributed by atoms with Crippen molar-refractivity contribution in [3.8, 4) is 0 Å². The molecule has 8 atom stereocenters. The van der Waals surface area contributed by atoms with E-state index in [4.69, 9.17) is 4.74 Å². The molecule has 5 aliphatic rings. The van der Waals surface area contributed by atoms with Crippen LogP contribution in [0.1, 0.15) is 84.5 Å². The van der Waals surface area contributed by atoms with E-state index in [0.29, 0.717) is 10.8 Å². The smallest absolute Gasteiger partial charge is 0.302 e. The Hall–Kier alpha value is -0.790. The van der Waals surface area contributed by atoms with Gasteiger partial charge in [0.05, 0.1) is 0 Å². The molecule has 0 amide bonds. The fourth-order valence-electron chi connectivity index (χ4n) is 8.75. The van der Waals surface area contributed by atoms with Crippen molar-refractivity contribution in [1.82, 2.24) is 0 Å². The average molecular weight is 357 g/mol. The molecule has 0 aliphatic heterocycles. The zero-order valence-corrected chi connectivity index (χ0v) is 16.7. The van der Waals surface area contributed by atoms with Crippen LogP contribution in [0, 0.1) is 40.4 Å². The van der Waals surface area contributed by atoms with Crippen LogP contribution >= 0.6 is 0 Å². The van der Waals surface area contributed by atoms with E-state index in [1.807, 2.05) is 0 Å². The molecule has 0 saturated heterocycles. The highest BCUT2D eigenvalue weighted by Gasteiger charge is 2.61. The summed E-state index contributed by atoms with van der Waals surface area (Å²) >= 11 is 0. The molecule has 144 valence electrons. The first kappa shape index (κ1) is 17.3. The molecule has 0 aromatic heterocycles. The molecule has 0 heterocycles. The topological polar surface area (TPSA) is 26.3 Å². The lowest BCUT2D eigenvalue weighted by molar-refractivity contribution is -0.159. The van der Waals surface area contributed by atoms with Gasteiger partial charge in [0, 0.05) is 6.92 Å². The van der Waals surface area contributed by atoms with Gasteiger partial charge in [-0.3, -0.25) is 4.79 Å². The molecule has 26 heavy (non-hydrogen) atoms. The van der Waals surface area contributed by atoms with Crippen molar-refractivity contribution in [2.75, 3.05) is 0 Å².